The predicted octanol–water partition coefficient (Wildman–Crippen LogP) is 4.54. The zero-order valence-corrected chi connectivity index (χ0v) is 17.4. The zero-order valence-electron chi connectivity index (χ0n) is 17.4. The number of alkyl halides is 3. The highest BCUT2D eigenvalue weighted by molar-refractivity contribution is 5.47. The van der Waals surface area contributed by atoms with E-state index in [9.17, 15) is 13.2 Å². The van der Waals surface area contributed by atoms with Crippen molar-refractivity contribution in [2.24, 2.45) is 0 Å². The first-order valence-corrected chi connectivity index (χ1v) is 10.0. The van der Waals surface area contributed by atoms with Crippen LogP contribution in [0.2, 0.25) is 0 Å². The van der Waals surface area contributed by atoms with Crippen molar-refractivity contribution in [3.63, 3.8) is 0 Å². The van der Waals surface area contributed by atoms with Crippen molar-refractivity contribution in [1.29, 1.82) is 0 Å². The summed E-state index contributed by atoms with van der Waals surface area (Å²) in [5.41, 5.74) is 2.48. The second-order valence-corrected chi connectivity index (χ2v) is 7.90. The number of piperazine rings is 1. The van der Waals surface area contributed by atoms with Crippen molar-refractivity contribution in [3.8, 4) is 5.75 Å². The van der Waals surface area contributed by atoms with Gasteiger partial charge in [0.25, 0.3) is 0 Å². The molecule has 0 atom stereocenters. The van der Waals surface area contributed by atoms with Crippen LogP contribution in [0, 0.1) is 13.8 Å². The summed E-state index contributed by atoms with van der Waals surface area (Å²) in [6.45, 7) is 9.38. The molecule has 0 aliphatic carbocycles. The Labute approximate surface area is 171 Å². The molecule has 3 nitrogen and oxygen atoms in total. The van der Waals surface area contributed by atoms with Crippen LogP contribution in [-0.4, -0.2) is 56.2 Å². The summed E-state index contributed by atoms with van der Waals surface area (Å²) in [5.74, 6) is 0.710. The van der Waals surface area contributed by atoms with Crippen LogP contribution in [0.5, 0.6) is 5.75 Å². The Morgan fingerprint density at radius 3 is 2.34 bits per heavy atom. The lowest BCUT2D eigenvalue weighted by Crippen LogP contribution is -2.45. The molecule has 1 aliphatic rings. The maximum atomic E-state index is 13.4. The second kappa shape index (κ2) is 9.18. The van der Waals surface area contributed by atoms with Gasteiger partial charge in [-0.05, 0) is 43.7 Å². The minimum atomic E-state index is -4.36. The number of halogens is 3. The highest BCUT2D eigenvalue weighted by atomic mass is 19.4. The van der Waals surface area contributed by atoms with E-state index in [-0.39, 0.29) is 12.0 Å². The van der Waals surface area contributed by atoms with Crippen LogP contribution in [0.4, 0.5) is 13.2 Å². The lowest BCUT2D eigenvalue weighted by molar-refractivity contribution is -0.138. The van der Waals surface area contributed by atoms with Crippen molar-refractivity contribution in [2.45, 2.75) is 26.4 Å². The molecule has 0 aromatic heterocycles. The normalized spacial score (nSPS) is 16.2. The number of ether oxygens (including phenoxy) is 1. The third kappa shape index (κ3) is 5.73. The van der Waals surface area contributed by atoms with Gasteiger partial charge in [0, 0.05) is 39.1 Å². The van der Waals surface area contributed by atoms with Gasteiger partial charge in [0.15, 0.2) is 0 Å². The van der Waals surface area contributed by atoms with Gasteiger partial charge in [0.05, 0.1) is 5.56 Å². The molecule has 0 radical (unpaired) electrons. The number of rotatable bonds is 6. The van der Waals surface area contributed by atoms with Crippen molar-refractivity contribution >= 4 is 0 Å². The molecule has 29 heavy (non-hydrogen) atoms. The molecule has 0 saturated carbocycles. The van der Waals surface area contributed by atoms with Crippen LogP contribution >= 0.6 is 0 Å². The molecule has 0 spiro atoms. The molecule has 0 N–H and O–H groups in total. The first-order chi connectivity index (χ1) is 13.7. The summed E-state index contributed by atoms with van der Waals surface area (Å²) < 4.78 is 46.3. The maximum Gasteiger partial charge on any atom is 0.416 e. The molecule has 2 aromatic carbocycles. The molecule has 0 amide bonds. The van der Waals surface area contributed by atoms with Gasteiger partial charge < -0.3 is 9.64 Å². The molecule has 0 unspecified atom stereocenters. The highest BCUT2D eigenvalue weighted by Gasteiger charge is 2.33. The Hall–Kier alpha value is -2.05. The standard InChI is InChI=1S/C23H29F3N2O/c1-17-14-18(2)22(29-13-12-28-10-8-27(3)9-11-28)20(15-17)16-19-6-4-5-7-21(19)23(24,25)26/h4-7,14-15H,8-13,16H2,1-3H3. The van der Waals surface area contributed by atoms with E-state index >= 15 is 0 Å². The third-order valence-corrected chi connectivity index (χ3v) is 5.45. The number of aryl methyl sites for hydroxylation is 2. The summed E-state index contributed by atoms with van der Waals surface area (Å²) >= 11 is 0. The number of hydrogen-bond donors (Lipinski definition) is 0. The van der Waals surface area contributed by atoms with E-state index in [1.54, 1.807) is 12.1 Å². The van der Waals surface area contributed by atoms with Crippen molar-refractivity contribution in [3.05, 3.63) is 64.2 Å². The highest BCUT2D eigenvalue weighted by Crippen LogP contribution is 2.35. The van der Waals surface area contributed by atoms with Crippen LogP contribution in [0.3, 0.4) is 0 Å². The monoisotopic (exact) mass is 406 g/mol. The van der Waals surface area contributed by atoms with E-state index < -0.39 is 11.7 Å². The molecule has 158 valence electrons. The molecule has 2 aromatic rings. The SMILES string of the molecule is Cc1cc(C)c(OCCN2CCN(C)CC2)c(Cc2ccccc2C(F)(F)F)c1. The third-order valence-electron chi connectivity index (χ3n) is 5.45. The second-order valence-electron chi connectivity index (χ2n) is 7.90. The van der Waals surface area contributed by atoms with E-state index in [2.05, 4.69) is 16.8 Å². The lowest BCUT2D eigenvalue weighted by Gasteiger charge is -2.32. The number of hydrogen-bond acceptors (Lipinski definition) is 3. The molecule has 1 heterocycles. The summed E-state index contributed by atoms with van der Waals surface area (Å²) in [7, 11) is 2.12. The van der Waals surface area contributed by atoms with Crippen LogP contribution in [0.25, 0.3) is 0 Å². The van der Waals surface area contributed by atoms with Crippen LogP contribution < -0.4 is 4.74 Å². The molecular formula is C23H29F3N2O. The van der Waals surface area contributed by atoms with Crippen LogP contribution in [0.1, 0.15) is 27.8 Å². The van der Waals surface area contributed by atoms with E-state index in [0.29, 0.717) is 12.4 Å². The fourth-order valence-electron chi connectivity index (χ4n) is 3.88. The van der Waals surface area contributed by atoms with Gasteiger partial charge in [-0.3, -0.25) is 4.90 Å². The first-order valence-electron chi connectivity index (χ1n) is 10.0. The average molecular weight is 406 g/mol. The van der Waals surface area contributed by atoms with Crippen molar-refractivity contribution in [1.82, 2.24) is 9.80 Å². The summed E-state index contributed by atoms with van der Waals surface area (Å²) in [6.07, 6.45) is -4.17. The first kappa shape index (κ1) is 21.7. The topological polar surface area (TPSA) is 15.7 Å². The van der Waals surface area contributed by atoms with E-state index in [1.807, 2.05) is 26.0 Å². The fourth-order valence-corrected chi connectivity index (χ4v) is 3.88. The Morgan fingerprint density at radius 1 is 0.966 bits per heavy atom. The quantitative estimate of drug-likeness (QED) is 0.701. The van der Waals surface area contributed by atoms with Gasteiger partial charge in [-0.25, -0.2) is 0 Å². The van der Waals surface area contributed by atoms with Gasteiger partial charge in [0.1, 0.15) is 12.4 Å². The number of nitrogens with zero attached hydrogens (tertiary/aromatic N) is 2. The maximum absolute atomic E-state index is 13.4. The predicted molar refractivity (Wildman–Crippen MR) is 110 cm³/mol. The van der Waals surface area contributed by atoms with E-state index in [4.69, 9.17) is 4.74 Å². The lowest BCUT2D eigenvalue weighted by atomic mass is 9.96. The molecule has 0 bridgehead atoms. The van der Waals surface area contributed by atoms with Gasteiger partial charge >= 0.3 is 6.18 Å². The summed E-state index contributed by atoms with van der Waals surface area (Å²) in [6, 6.07) is 9.73. The Balaban J connectivity index is 1.76. The largest absolute Gasteiger partial charge is 0.492 e. The summed E-state index contributed by atoms with van der Waals surface area (Å²) in [4.78, 5) is 4.67. The van der Waals surface area contributed by atoms with Gasteiger partial charge in [-0.2, -0.15) is 13.2 Å². The van der Waals surface area contributed by atoms with Crippen molar-refractivity contribution < 1.29 is 17.9 Å². The van der Waals surface area contributed by atoms with Gasteiger partial charge in [-0.1, -0.05) is 35.9 Å². The number of benzene rings is 2. The Morgan fingerprint density at radius 2 is 1.66 bits per heavy atom. The minimum absolute atomic E-state index is 0.196. The fraction of sp³-hybridized carbons (Fsp3) is 0.478. The van der Waals surface area contributed by atoms with Crippen molar-refractivity contribution in [2.75, 3.05) is 46.4 Å². The zero-order chi connectivity index (χ0) is 21.0. The van der Waals surface area contributed by atoms with Gasteiger partial charge in [-0.15, -0.1) is 0 Å². The molecular weight excluding hydrogens is 377 g/mol. The number of likely N-dealkylation sites (N-methyl/N-ethyl adjacent to an activating group) is 1. The van der Waals surface area contributed by atoms with Crippen LogP contribution in [0.15, 0.2) is 36.4 Å². The minimum Gasteiger partial charge on any atom is -0.492 e. The Kier molecular flexibility index (Phi) is 6.85. The smallest absolute Gasteiger partial charge is 0.416 e. The Bertz CT molecular complexity index is 827. The molecule has 3 rings (SSSR count). The van der Waals surface area contributed by atoms with Crippen LogP contribution in [-0.2, 0) is 12.6 Å². The molecule has 1 fully saturated rings. The molecule has 1 saturated heterocycles. The summed E-state index contributed by atoms with van der Waals surface area (Å²) in [5, 5.41) is 0. The van der Waals surface area contributed by atoms with E-state index in [1.165, 1.54) is 6.07 Å². The van der Waals surface area contributed by atoms with Gasteiger partial charge in [0.2, 0.25) is 0 Å². The molecule has 6 heteroatoms. The molecule has 1 aliphatic heterocycles. The average Bonchev–Trinajstić information content (AvgIpc) is 2.65. The van der Waals surface area contributed by atoms with E-state index in [0.717, 1.165) is 55.5 Å².